The molecule has 0 saturated carbocycles. The van der Waals surface area contributed by atoms with Crippen LogP contribution in [0.2, 0.25) is 0 Å². The zero-order valence-corrected chi connectivity index (χ0v) is 20.1. The number of benzene rings is 2. The van der Waals surface area contributed by atoms with Crippen LogP contribution in [0.3, 0.4) is 0 Å². The van der Waals surface area contributed by atoms with Crippen molar-refractivity contribution in [1.29, 1.82) is 0 Å². The van der Waals surface area contributed by atoms with Crippen molar-refractivity contribution in [3.63, 3.8) is 0 Å². The summed E-state index contributed by atoms with van der Waals surface area (Å²) in [5.74, 6) is 0.491. The molecular weight excluding hydrogens is 476 g/mol. The SMILES string of the molecule is O=C(Nc1cccc(Oc2ccccc2)c1)c1csc(C(=O)Nc2cnccc2N2CCNCC2)n1. The van der Waals surface area contributed by atoms with Gasteiger partial charge in [-0.15, -0.1) is 11.3 Å². The molecule has 4 aromatic rings. The van der Waals surface area contributed by atoms with Crippen LogP contribution in [0, 0.1) is 0 Å². The Morgan fingerprint density at radius 3 is 2.58 bits per heavy atom. The van der Waals surface area contributed by atoms with Crippen molar-refractivity contribution in [3.8, 4) is 11.5 Å². The second-order valence-corrected chi connectivity index (χ2v) is 8.88. The number of para-hydroxylation sites is 1. The Balaban J connectivity index is 1.24. The topological polar surface area (TPSA) is 108 Å². The van der Waals surface area contributed by atoms with E-state index in [2.05, 4.69) is 30.8 Å². The first-order valence-electron chi connectivity index (χ1n) is 11.5. The lowest BCUT2D eigenvalue weighted by Gasteiger charge is -2.30. The van der Waals surface area contributed by atoms with E-state index in [9.17, 15) is 9.59 Å². The number of carbonyl (C=O) groups excluding carboxylic acids is 2. The maximum atomic E-state index is 12.9. The van der Waals surface area contributed by atoms with E-state index < -0.39 is 5.91 Å². The number of amides is 2. The van der Waals surface area contributed by atoms with Gasteiger partial charge < -0.3 is 25.6 Å². The number of ether oxygens (including phenoxy) is 1. The van der Waals surface area contributed by atoms with Gasteiger partial charge in [-0.3, -0.25) is 14.6 Å². The molecule has 2 aromatic carbocycles. The molecule has 0 aliphatic carbocycles. The highest BCUT2D eigenvalue weighted by molar-refractivity contribution is 7.12. The Morgan fingerprint density at radius 1 is 0.944 bits per heavy atom. The summed E-state index contributed by atoms with van der Waals surface area (Å²) in [4.78, 5) is 36.3. The van der Waals surface area contributed by atoms with Crippen molar-refractivity contribution >= 4 is 40.2 Å². The lowest BCUT2D eigenvalue weighted by Crippen LogP contribution is -2.43. The standard InChI is InChI=1S/C26H24N6O3S/c33-24(29-18-5-4-8-20(15-18)35-19-6-2-1-3-7-19)22-17-36-26(31-22)25(34)30-21-16-28-10-9-23(21)32-13-11-27-12-14-32/h1-10,15-17,27H,11-14H2,(H,29,33)(H,30,34). The summed E-state index contributed by atoms with van der Waals surface area (Å²) < 4.78 is 5.82. The monoisotopic (exact) mass is 500 g/mol. The zero-order chi connectivity index (χ0) is 24.7. The maximum absolute atomic E-state index is 12.9. The van der Waals surface area contributed by atoms with E-state index in [-0.39, 0.29) is 16.6 Å². The predicted octanol–water partition coefficient (Wildman–Crippen LogP) is 4.24. The van der Waals surface area contributed by atoms with Gasteiger partial charge >= 0.3 is 0 Å². The molecule has 1 aliphatic rings. The Bertz CT molecular complexity index is 1350. The molecule has 182 valence electrons. The molecular formula is C26H24N6O3S. The second kappa shape index (κ2) is 11.0. The molecule has 10 heteroatoms. The highest BCUT2D eigenvalue weighted by Crippen LogP contribution is 2.27. The summed E-state index contributed by atoms with van der Waals surface area (Å²) in [6.07, 6.45) is 3.33. The molecule has 1 fully saturated rings. The number of anilines is 3. The fourth-order valence-electron chi connectivity index (χ4n) is 3.78. The largest absolute Gasteiger partial charge is 0.457 e. The molecule has 3 heterocycles. The van der Waals surface area contributed by atoms with Crippen molar-refractivity contribution in [1.82, 2.24) is 15.3 Å². The molecule has 0 bridgehead atoms. The zero-order valence-electron chi connectivity index (χ0n) is 19.3. The minimum atomic E-state index is -0.412. The molecule has 0 spiro atoms. The fraction of sp³-hybridized carbons (Fsp3) is 0.154. The van der Waals surface area contributed by atoms with Crippen molar-refractivity contribution in [2.45, 2.75) is 0 Å². The molecule has 9 nitrogen and oxygen atoms in total. The number of rotatable bonds is 7. The quantitative estimate of drug-likeness (QED) is 0.348. The van der Waals surface area contributed by atoms with Gasteiger partial charge in [0.05, 0.1) is 17.6 Å². The molecule has 1 saturated heterocycles. The number of nitrogens with one attached hydrogen (secondary N) is 3. The molecule has 1 aliphatic heterocycles. The first-order chi connectivity index (χ1) is 17.7. The Labute approximate surface area is 212 Å². The Kier molecular flexibility index (Phi) is 7.15. The van der Waals surface area contributed by atoms with Crippen LogP contribution in [-0.4, -0.2) is 48.0 Å². The van der Waals surface area contributed by atoms with Gasteiger partial charge in [0.2, 0.25) is 0 Å². The van der Waals surface area contributed by atoms with Crippen molar-refractivity contribution in [2.24, 2.45) is 0 Å². The summed E-state index contributed by atoms with van der Waals surface area (Å²) in [6, 6.07) is 18.4. The summed E-state index contributed by atoms with van der Waals surface area (Å²) in [6.45, 7) is 3.43. The number of pyridine rings is 1. The van der Waals surface area contributed by atoms with Gasteiger partial charge in [-0.2, -0.15) is 0 Å². The van der Waals surface area contributed by atoms with Crippen LogP contribution >= 0.6 is 11.3 Å². The van der Waals surface area contributed by atoms with Crippen molar-refractivity contribution in [2.75, 3.05) is 41.7 Å². The highest BCUT2D eigenvalue weighted by atomic mass is 32.1. The third kappa shape index (κ3) is 5.68. The number of piperazine rings is 1. The predicted molar refractivity (Wildman–Crippen MR) is 140 cm³/mol. The maximum Gasteiger partial charge on any atom is 0.284 e. The van der Waals surface area contributed by atoms with Gasteiger partial charge in [0.15, 0.2) is 5.01 Å². The average Bonchev–Trinajstić information content (AvgIpc) is 3.41. The molecule has 2 aromatic heterocycles. The van der Waals surface area contributed by atoms with Gasteiger partial charge in [0.1, 0.15) is 17.2 Å². The highest BCUT2D eigenvalue weighted by Gasteiger charge is 2.19. The van der Waals surface area contributed by atoms with E-state index in [4.69, 9.17) is 4.74 Å². The molecule has 36 heavy (non-hydrogen) atoms. The number of nitrogens with zero attached hydrogens (tertiary/aromatic N) is 3. The minimum absolute atomic E-state index is 0.160. The number of carbonyl (C=O) groups is 2. The second-order valence-electron chi connectivity index (χ2n) is 8.02. The minimum Gasteiger partial charge on any atom is -0.457 e. The van der Waals surface area contributed by atoms with Crippen LogP contribution in [0.5, 0.6) is 11.5 Å². The summed E-state index contributed by atoms with van der Waals surface area (Å²) in [5.41, 5.74) is 2.24. The Hall–Kier alpha value is -4.28. The number of thiazole rings is 1. The van der Waals surface area contributed by atoms with E-state index in [1.165, 1.54) is 0 Å². The van der Waals surface area contributed by atoms with Crippen LogP contribution in [0.1, 0.15) is 20.3 Å². The number of hydrogen-bond donors (Lipinski definition) is 3. The number of hydrogen-bond acceptors (Lipinski definition) is 8. The molecule has 2 amide bonds. The molecule has 0 atom stereocenters. The fourth-order valence-corrected chi connectivity index (χ4v) is 4.47. The third-order valence-electron chi connectivity index (χ3n) is 5.51. The molecule has 3 N–H and O–H groups in total. The molecule has 5 rings (SSSR count). The summed E-state index contributed by atoms with van der Waals surface area (Å²) in [5, 5.41) is 10.8. The first-order valence-corrected chi connectivity index (χ1v) is 12.3. The molecule has 0 radical (unpaired) electrons. The van der Waals surface area contributed by atoms with Gasteiger partial charge in [-0.05, 0) is 30.3 Å². The van der Waals surface area contributed by atoms with E-state index in [0.717, 1.165) is 43.2 Å². The van der Waals surface area contributed by atoms with Crippen molar-refractivity contribution in [3.05, 3.63) is 89.1 Å². The Morgan fingerprint density at radius 2 is 1.75 bits per heavy atom. The molecule has 0 unspecified atom stereocenters. The van der Waals surface area contributed by atoms with Crippen molar-refractivity contribution < 1.29 is 14.3 Å². The lowest BCUT2D eigenvalue weighted by molar-refractivity contribution is 0.102. The average molecular weight is 501 g/mol. The van der Waals surface area contributed by atoms with E-state index >= 15 is 0 Å². The third-order valence-corrected chi connectivity index (χ3v) is 6.35. The van der Waals surface area contributed by atoms with E-state index in [0.29, 0.717) is 22.9 Å². The normalized spacial score (nSPS) is 13.2. The van der Waals surface area contributed by atoms with Crippen LogP contribution in [0.15, 0.2) is 78.4 Å². The van der Waals surface area contributed by atoms with Gasteiger partial charge in [-0.25, -0.2) is 4.98 Å². The van der Waals surface area contributed by atoms with Crippen LogP contribution in [0.4, 0.5) is 17.1 Å². The van der Waals surface area contributed by atoms with Gasteiger partial charge in [0, 0.05) is 49.5 Å². The van der Waals surface area contributed by atoms with Gasteiger partial charge in [-0.1, -0.05) is 24.3 Å². The summed E-state index contributed by atoms with van der Waals surface area (Å²) >= 11 is 1.11. The smallest absolute Gasteiger partial charge is 0.284 e. The van der Waals surface area contributed by atoms with Crippen LogP contribution < -0.4 is 25.6 Å². The van der Waals surface area contributed by atoms with E-state index in [1.54, 1.807) is 42.0 Å². The van der Waals surface area contributed by atoms with Gasteiger partial charge in [0.25, 0.3) is 11.8 Å². The van der Waals surface area contributed by atoms with E-state index in [1.807, 2.05) is 36.4 Å². The van der Waals surface area contributed by atoms with Crippen LogP contribution in [0.25, 0.3) is 0 Å². The summed E-state index contributed by atoms with van der Waals surface area (Å²) in [7, 11) is 0. The van der Waals surface area contributed by atoms with Crippen LogP contribution in [-0.2, 0) is 0 Å². The number of aromatic nitrogens is 2. The first kappa shape index (κ1) is 23.5. The lowest BCUT2D eigenvalue weighted by atomic mass is 10.2.